The van der Waals surface area contributed by atoms with Crippen molar-refractivity contribution in [1.82, 2.24) is 0 Å². The summed E-state index contributed by atoms with van der Waals surface area (Å²) in [5, 5.41) is 0.165. The number of rotatable bonds is 8. The lowest BCUT2D eigenvalue weighted by Crippen LogP contribution is -2.21. The highest BCUT2D eigenvalue weighted by Gasteiger charge is 2.20. The molecule has 1 atom stereocenters. The Hall–Kier alpha value is -2.18. The summed E-state index contributed by atoms with van der Waals surface area (Å²) in [6.07, 6.45) is 0. The summed E-state index contributed by atoms with van der Waals surface area (Å²) in [6, 6.07) is 12.0. The summed E-state index contributed by atoms with van der Waals surface area (Å²) in [6.45, 7) is 1.35. The summed E-state index contributed by atoms with van der Waals surface area (Å²) in [7, 11) is 2.97. The predicted molar refractivity (Wildman–Crippen MR) is 102 cm³/mol. The van der Waals surface area contributed by atoms with E-state index in [9.17, 15) is 9.59 Å². The minimum absolute atomic E-state index is 0.303. The third-order valence-corrected chi connectivity index (χ3v) is 4.85. The summed E-state index contributed by atoms with van der Waals surface area (Å²) in [5.41, 5.74) is 0.303. The van der Waals surface area contributed by atoms with Gasteiger partial charge in [-0.1, -0.05) is 11.6 Å². The van der Waals surface area contributed by atoms with Crippen molar-refractivity contribution in [3.63, 3.8) is 0 Å². The van der Waals surface area contributed by atoms with Crippen molar-refractivity contribution >= 4 is 35.1 Å². The largest absolute Gasteiger partial charge is 0.497 e. The van der Waals surface area contributed by atoms with Crippen LogP contribution in [-0.2, 0) is 9.53 Å². The van der Waals surface area contributed by atoms with Crippen LogP contribution in [0.5, 0.6) is 11.5 Å². The molecule has 138 valence electrons. The van der Waals surface area contributed by atoms with Gasteiger partial charge in [0.15, 0.2) is 6.61 Å². The van der Waals surface area contributed by atoms with Crippen LogP contribution in [0.3, 0.4) is 0 Å². The van der Waals surface area contributed by atoms with Crippen LogP contribution in [0.2, 0.25) is 5.02 Å². The van der Waals surface area contributed by atoms with Crippen molar-refractivity contribution in [3.05, 3.63) is 53.1 Å². The molecule has 0 amide bonds. The molecular weight excluding hydrogens is 376 g/mol. The van der Waals surface area contributed by atoms with Crippen LogP contribution in [0, 0.1) is 0 Å². The molecular formula is C19H19ClO5S. The number of carbonyl (C=O) groups excluding carboxylic acids is 2. The Kier molecular flexibility index (Phi) is 7.36. The molecule has 2 aromatic rings. The molecule has 0 bridgehead atoms. The zero-order valence-electron chi connectivity index (χ0n) is 14.7. The van der Waals surface area contributed by atoms with Gasteiger partial charge in [0.1, 0.15) is 16.7 Å². The van der Waals surface area contributed by atoms with Crippen molar-refractivity contribution in [2.75, 3.05) is 20.8 Å². The molecule has 0 aliphatic carbocycles. The van der Waals surface area contributed by atoms with Crippen molar-refractivity contribution in [1.29, 1.82) is 0 Å². The number of hydrogen-bond acceptors (Lipinski definition) is 6. The third-order valence-electron chi connectivity index (χ3n) is 3.51. The van der Waals surface area contributed by atoms with Crippen LogP contribution < -0.4 is 9.47 Å². The minimum Gasteiger partial charge on any atom is -0.497 e. The van der Waals surface area contributed by atoms with Gasteiger partial charge in [-0.2, -0.15) is 0 Å². The van der Waals surface area contributed by atoms with E-state index in [2.05, 4.69) is 0 Å². The number of Topliss-reactive ketones (excluding diaryl/α,β-unsaturated/α-hetero) is 1. The fourth-order valence-electron chi connectivity index (χ4n) is 2.13. The molecule has 0 N–H and O–H groups in total. The lowest BCUT2D eigenvalue weighted by atomic mass is 10.1. The Bertz CT molecular complexity index is 776. The third kappa shape index (κ3) is 5.41. The van der Waals surface area contributed by atoms with Crippen LogP contribution in [0.4, 0.5) is 0 Å². The van der Waals surface area contributed by atoms with Gasteiger partial charge in [-0.3, -0.25) is 9.59 Å². The van der Waals surface area contributed by atoms with Crippen LogP contribution >= 0.6 is 23.4 Å². The Balaban J connectivity index is 1.95. The fraction of sp³-hybridized carbons (Fsp3) is 0.263. The zero-order chi connectivity index (χ0) is 19.1. The SMILES string of the molecule is COc1ccc(OC)c(C(=O)COC(=O)[C@H](C)Sc2ccc(Cl)cc2)c1. The number of carbonyl (C=O) groups is 2. The summed E-state index contributed by atoms with van der Waals surface area (Å²) in [4.78, 5) is 25.4. The molecule has 2 rings (SSSR count). The average Bonchev–Trinajstić information content (AvgIpc) is 2.66. The molecule has 0 aromatic heterocycles. The second-order valence-electron chi connectivity index (χ2n) is 5.31. The van der Waals surface area contributed by atoms with Crippen LogP contribution in [0.1, 0.15) is 17.3 Å². The number of benzene rings is 2. The van der Waals surface area contributed by atoms with Gasteiger partial charge in [0.05, 0.1) is 19.8 Å². The number of ether oxygens (including phenoxy) is 3. The number of thioether (sulfide) groups is 1. The number of hydrogen-bond donors (Lipinski definition) is 0. The molecule has 0 saturated carbocycles. The molecule has 0 unspecified atom stereocenters. The highest BCUT2D eigenvalue weighted by Crippen LogP contribution is 2.26. The Labute approximate surface area is 161 Å². The predicted octanol–water partition coefficient (Wildman–Crippen LogP) is 4.26. The van der Waals surface area contributed by atoms with E-state index < -0.39 is 11.2 Å². The van der Waals surface area contributed by atoms with Crippen LogP contribution in [0.25, 0.3) is 0 Å². The van der Waals surface area contributed by atoms with Crippen LogP contribution in [0.15, 0.2) is 47.4 Å². The molecule has 0 aliphatic heterocycles. The highest BCUT2D eigenvalue weighted by atomic mass is 35.5. The van der Waals surface area contributed by atoms with Gasteiger partial charge < -0.3 is 14.2 Å². The van der Waals surface area contributed by atoms with Crippen molar-refractivity contribution < 1.29 is 23.8 Å². The van der Waals surface area contributed by atoms with Gasteiger partial charge in [-0.25, -0.2) is 0 Å². The molecule has 26 heavy (non-hydrogen) atoms. The lowest BCUT2D eigenvalue weighted by molar-refractivity contribution is -0.141. The minimum atomic E-state index is -0.472. The van der Waals surface area contributed by atoms with Crippen molar-refractivity contribution in [3.8, 4) is 11.5 Å². The Morgan fingerprint density at radius 2 is 1.77 bits per heavy atom. The first-order valence-corrected chi connectivity index (χ1v) is 9.04. The second kappa shape index (κ2) is 9.50. The summed E-state index contributed by atoms with van der Waals surface area (Å²) in [5.74, 6) is 0.0838. The maximum Gasteiger partial charge on any atom is 0.319 e. The van der Waals surface area contributed by atoms with Gasteiger partial charge in [0.25, 0.3) is 0 Å². The molecule has 0 heterocycles. The normalized spacial score (nSPS) is 11.5. The first-order chi connectivity index (χ1) is 12.4. The number of esters is 1. The maximum atomic E-state index is 12.4. The highest BCUT2D eigenvalue weighted by molar-refractivity contribution is 8.00. The smallest absolute Gasteiger partial charge is 0.319 e. The first-order valence-electron chi connectivity index (χ1n) is 7.78. The standard InChI is InChI=1S/C19H19ClO5S/c1-12(26-15-7-4-13(20)5-8-15)19(22)25-11-17(21)16-10-14(23-2)6-9-18(16)24-3/h4-10,12H,11H2,1-3H3/t12-/m0/s1. The number of ketones is 1. The van der Waals surface area contributed by atoms with E-state index in [0.717, 1.165) is 4.90 Å². The molecule has 0 spiro atoms. The summed E-state index contributed by atoms with van der Waals surface area (Å²) >= 11 is 7.17. The van der Waals surface area contributed by atoms with Gasteiger partial charge in [-0.05, 0) is 49.4 Å². The van der Waals surface area contributed by atoms with Crippen LogP contribution in [-0.4, -0.2) is 37.8 Å². The molecule has 2 aromatic carbocycles. The van der Waals surface area contributed by atoms with E-state index in [1.54, 1.807) is 37.3 Å². The van der Waals surface area contributed by atoms with E-state index >= 15 is 0 Å². The fourth-order valence-corrected chi connectivity index (χ4v) is 3.12. The molecule has 0 aliphatic rings. The van der Waals surface area contributed by atoms with Crippen molar-refractivity contribution in [2.45, 2.75) is 17.1 Å². The molecule has 0 radical (unpaired) electrons. The lowest BCUT2D eigenvalue weighted by Gasteiger charge is -2.12. The molecule has 0 saturated heterocycles. The van der Waals surface area contributed by atoms with E-state index in [1.165, 1.54) is 26.0 Å². The van der Waals surface area contributed by atoms with Gasteiger partial charge >= 0.3 is 5.97 Å². The average molecular weight is 395 g/mol. The monoisotopic (exact) mass is 394 g/mol. The van der Waals surface area contributed by atoms with Gasteiger partial charge in [-0.15, -0.1) is 11.8 Å². The quantitative estimate of drug-likeness (QED) is 0.378. The Morgan fingerprint density at radius 3 is 2.38 bits per heavy atom. The van der Waals surface area contributed by atoms with Gasteiger partial charge in [0.2, 0.25) is 5.78 Å². The zero-order valence-corrected chi connectivity index (χ0v) is 16.2. The number of halogens is 1. The topological polar surface area (TPSA) is 61.8 Å². The second-order valence-corrected chi connectivity index (χ2v) is 7.16. The maximum absolute atomic E-state index is 12.4. The molecule has 5 nitrogen and oxygen atoms in total. The van der Waals surface area contributed by atoms with Crippen molar-refractivity contribution in [2.24, 2.45) is 0 Å². The van der Waals surface area contributed by atoms with E-state index in [4.69, 9.17) is 25.8 Å². The van der Waals surface area contributed by atoms with E-state index in [-0.39, 0.29) is 12.4 Å². The molecule has 7 heteroatoms. The first kappa shape index (κ1) is 20.1. The number of methoxy groups -OCH3 is 2. The Morgan fingerprint density at radius 1 is 1.08 bits per heavy atom. The van der Waals surface area contributed by atoms with Gasteiger partial charge in [0, 0.05) is 9.92 Å². The molecule has 0 fully saturated rings. The van der Waals surface area contributed by atoms with E-state index in [0.29, 0.717) is 22.1 Å². The van der Waals surface area contributed by atoms with E-state index in [1.807, 2.05) is 12.1 Å². The summed E-state index contributed by atoms with van der Waals surface area (Å²) < 4.78 is 15.4.